The molecule has 0 aliphatic carbocycles. The van der Waals surface area contributed by atoms with Crippen LogP contribution in [0.15, 0.2) is 71.4 Å². The second-order valence-corrected chi connectivity index (χ2v) is 6.34. The number of aliphatic hydroxyl groups is 1. The summed E-state index contributed by atoms with van der Waals surface area (Å²) in [4.78, 5) is 26.2. The third kappa shape index (κ3) is 5.40. The summed E-state index contributed by atoms with van der Waals surface area (Å²) in [5, 5.41) is 15.2. The Morgan fingerprint density at radius 2 is 1.83 bits per heavy atom. The van der Waals surface area contributed by atoms with Crippen molar-refractivity contribution in [1.82, 2.24) is 5.16 Å². The zero-order chi connectivity index (χ0) is 20.6. The van der Waals surface area contributed by atoms with Crippen LogP contribution in [0, 0.1) is 0 Å². The van der Waals surface area contributed by atoms with Gasteiger partial charge in [0.05, 0.1) is 12.8 Å². The van der Waals surface area contributed by atoms with Gasteiger partial charge in [-0.25, -0.2) is 0 Å². The molecule has 1 amide bonds. The van der Waals surface area contributed by atoms with Crippen LogP contribution in [0.25, 0.3) is 6.08 Å². The zero-order valence-corrected chi connectivity index (χ0v) is 15.9. The highest BCUT2D eigenvalue weighted by Gasteiger charge is 2.10. The van der Waals surface area contributed by atoms with Crippen molar-refractivity contribution < 1.29 is 19.2 Å². The molecule has 0 aliphatic heterocycles. The van der Waals surface area contributed by atoms with Crippen LogP contribution >= 0.6 is 0 Å². The predicted molar refractivity (Wildman–Crippen MR) is 111 cm³/mol. The number of nitrogens with zero attached hydrogens (tertiary/aromatic N) is 2. The summed E-state index contributed by atoms with van der Waals surface area (Å²) in [7, 11) is 1.90. The number of benzene rings is 2. The molecule has 0 saturated carbocycles. The number of hydrogen-bond donors (Lipinski definition) is 2. The predicted octanol–water partition coefficient (Wildman–Crippen LogP) is 3.25. The molecule has 0 fully saturated rings. The number of aromatic nitrogens is 1. The number of carbonyl (C=O) groups excluding carboxylic acids is 2. The van der Waals surface area contributed by atoms with Crippen LogP contribution in [0.4, 0.5) is 11.4 Å². The van der Waals surface area contributed by atoms with Gasteiger partial charge in [0.2, 0.25) is 5.76 Å². The average molecular weight is 391 g/mol. The van der Waals surface area contributed by atoms with Gasteiger partial charge < -0.3 is 19.8 Å². The number of likely N-dealkylation sites (N-methyl/N-ethyl adjacent to an activating group) is 1. The molecule has 1 aromatic heterocycles. The molecule has 2 N–H and O–H groups in total. The Hall–Kier alpha value is -3.71. The largest absolute Gasteiger partial charge is 0.395 e. The van der Waals surface area contributed by atoms with Gasteiger partial charge in [0.1, 0.15) is 0 Å². The van der Waals surface area contributed by atoms with E-state index in [9.17, 15) is 9.59 Å². The van der Waals surface area contributed by atoms with Crippen molar-refractivity contribution in [3.05, 3.63) is 83.8 Å². The van der Waals surface area contributed by atoms with Crippen LogP contribution < -0.4 is 10.2 Å². The lowest BCUT2D eigenvalue weighted by Crippen LogP contribution is -2.20. The number of nitrogens with one attached hydrogen (secondary N) is 1. The van der Waals surface area contributed by atoms with Crippen molar-refractivity contribution in [1.29, 1.82) is 0 Å². The molecule has 3 rings (SSSR count). The number of anilines is 2. The standard InChI is InChI=1S/C22H21N3O4/c1-25(14-15-26)19-9-2-16(3-10-19)4-11-20(27)17-5-7-18(8-6-17)24-22(28)21-12-13-23-29-21/h2-13,26H,14-15H2,1H3,(H,24,28)/b11-4+. The van der Waals surface area contributed by atoms with Crippen LogP contribution in [0.5, 0.6) is 0 Å². The van der Waals surface area contributed by atoms with Crippen molar-refractivity contribution >= 4 is 29.1 Å². The lowest BCUT2D eigenvalue weighted by atomic mass is 10.1. The van der Waals surface area contributed by atoms with E-state index in [-0.39, 0.29) is 18.2 Å². The fourth-order valence-corrected chi connectivity index (χ4v) is 2.63. The molecule has 1 heterocycles. The van der Waals surface area contributed by atoms with E-state index in [0.29, 0.717) is 17.8 Å². The van der Waals surface area contributed by atoms with Gasteiger partial charge in [-0.15, -0.1) is 0 Å². The quantitative estimate of drug-likeness (QED) is 0.452. The van der Waals surface area contributed by atoms with Crippen LogP contribution in [0.3, 0.4) is 0 Å². The lowest BCUT2D eigenvalue weighted by Gasteiger charge is -2.17. The topological polar surface area (TPSA) is 95.7 Å². The summed E-state index contributed by atoms with van der Waals surface area (Å²) in [5.41, 5.74) is 2.95. The van der Waals surface area contributed by atoms with Gasteiger partial charge >= 0.3 is 0 Å². The molecule has 7 heteroatoms. The van der Waals surface area contributed by atoms with Gasteiger partial charge in [-0.3, -0.25) is 9.59 Å². The summed E-state index contributed by atoms with van der Waals surface area (Å²) in [6.45, 7) is 0.651. The molecular formula is C22H21N3O4. The van der Waals surface area contributed by atoms with Gasteiger partial charge in [-0.1, -0.05) is 23.4 Å². The molecule has 3 aromatic rings. The van der Waals surface area contributed by atoms with E-state index in [4.69, 9.17) is 9.63 Å². The first kappa shape index (κ1) is 20.0. The zero-order valence-electron chi connectivity index (χ0n) is 15.9. The molecule has 148 valence electrons. The first-order valence-electron chi connectivity index (χ1n) is 9.03. The number of hydrogen-bond acceptors (Lipinski definition) is 6. The molecular weight excluding hydrogens is 370 g/mol. The van der Waals surface area contributed by atoms with Gasteiger partial charge in [-0.05, 0) is 48.0 Å². The van der Waals surface area contributed by atoms with Crippen molar-refractivity contribution in [2.24, 2.45) is 0 Å². The number of allylic oxidation sites excluding steroid dienone is 1. The minimum absolute atomic E-state index is 0.0924. The second kappa shape index (κ2) is 9.48. The van der Waals surface area contributed by atoms with Gasteiger partial charge in [-0.2, -0.15) is 0 Å². The third-order valence-corrected chi connectivity index (χ3v) is 4.29. The van der Waals surface area contributed by atoms with E-state index in [1.807, 2.05) is 36.2 Å². The van der Waals surface area contributed by atoms with Crippen LogP contribution in [0.1, 0.15) is 26.5 Å². The fourth-order valence-electron chi connectivity index (χ4n) is 2.63. The monoisotopic (exact) mass is 391 g/mol. The Balaban J connectivity index is 1.59. The molecule has 0 atom stereocenters. The Kier molecular flexibility index (Phi) is 6.55. The number of amides is 1. The Morgan fingerprint density at radius 1 is 1.10 bits per heavy atom. The summed E-state index contributed by atoms with van der Waals surface area (Å²) >= 11 is 0. The fraction of sp³-hybridized carbons (Fsp3) is 0.136. The molecule has 29 heavy (non-hydrogen) atoms. The lowest BCUT2D eigenvalue weighted by molar-refractivity contribution is 0.0987. The van der Waals surface area contributed by atoms with Crippen molar-refractivity contribution in [2.45, 2.75) is 0 Å². The number of carbonyl (C=O) groups is 2. The van der Waals surface area contributed by atoms with E-state index in [2.05, 4.69) is 10.5 Å². The molecule has 0 aliphatic rings. The normalized spacial score (nSPS) is 10.8. The average Bonchev–Trinajstić information content (AvgIpc) is 3.28. The first-order valence-corrected chi connectivity index (χ1v) is 9.03. The highest BCUT2D eigenvalue weighted by atomic mass is 16.5. The molecule has 0 spiro atoms. The second-order valence-electron chi connectivity index (χ2n) is 6.34. The highest BCUT2D eigenvalue weighted by Crippen LogP contribution is 2.16. The minimum atomic E-state index is -0.408. The van der Waals surface area contributed by atoms with Crippen LogP contribution in [-0.4, -0.2) is 42.2 Å². The Morgan fingerprint density at radius 3 is 2.45 bits per heavy atom. The van der Waals surface area contributed by atoms with Crippen molar-refractivity contribution in [3.8, 4) is 0 Å². The summed E-state index contributed by atoms with van der Waals surface area (Å²) < 4.78 is 4.80. The van der Waals surface area contributed by atoms with Crippen molar-refractivity contribution in [3.63, 3.8) is 0 Å². The first-order chi connectivity index (χ1) is 14.1. The van der Waals surface area contributed by atoms with Gasteiger partial charge in [0, 0.05) is 36.6 Å². The highest BCUT2D eigenvalue weighted by molar-refractivity contribution is 6.07. The van der Waals surface area contributed by atoms with E-state index in [1.165, 1.54) is 18.3 Å². The van der Waals surface area contributed by atoms with Gasteiger partial charge in [0.15, 0.2) is 5.78 Å². The summed E-state index contributed by atoms with van der Waals surface area (Å²) in [5.74, 6) is -0.434. The maximum absolute atomic E-state index is 12.4. The smallest absolute Gasteiger partial charge is 0.294 e. The maximum Gasteiger partial charge on any atom is 0.294 e. The molecule has 0 unspecified atom stereocenters. The number of ketones is 1. The van der Waals surface area contributed by atoms with E-state index >= 15 is 0 Å². The van der Waals surface area contributed by atoms with E-state index in [1.54, 1.807) is 30.3 Å². The van der Waals surface area contributed by atoms with E-state index in [0.717, 1.165) is 11.3 Å². The third-order valence-electron chi connectivity index (χ3n) is 4.29. The SMILES string of the molecule is CN(CCO)c1ccc(/C=C/C(=O)c2ccc(NC(=O)c3ccno3)cc2)cc1. The molecule has 7 nitrogen and oxygen atoms in total. The van der Waals surface area contributed by atoms with Gasteiger partial charge in [0.25, 0.3) is 5.91 Å². The molecule has 0 bridgehead atoms. The van der Waals surface area contributed by atoms with E-state index < -0.39 is 5.91 Å². The maximum atomic E-state index is 12.4. The molecule has 0 saturated heterocycles. The Labute approximate surface area is 168 Å². The summed E-state index contributed by atoms with van der Waals surface area (Å²) in [6.07, 6.45) is 4.65. The van der Waals surface area contributed by atoms with Crippen LogP contribution in [0.2, 0.25) is 0 Å². The number of aliphatic hydroxyl groups excluding tert-OH is 1. The molecule has 2 aromatic carbocycles. The van der Waals surface area contributed by atoms with Crippen molar-refractivity contribution in [2.75, 3.05) is 30.4 Å². The Bertz CT molecular complexity index is 978. The van der Waals surface area contributed by atoms with Crippen LogP contribution in [-0.2, 0) is 0 Å². The molecule has 0 radical (unpaired) electrons. The minimum Gasteiger partial charge on any atom is -0.395 e. The summed E-state index contributed by atoms with van der Waals surface area (Å²) in [6, 6.07) is 15.8. The number of rotatable bonds is 8.